The number of aromatic nitrogens is 2. The smallest absolute Gasteiger partial charge is 0.331 e. The predicted molar refractivity (Wildman–Crippen MR) is 94.8 cm³/mol. The second-order valence-corrected chi connectivity index (χ2v) is 5.76. The molecule has 0 aliphatic rings. The molecule has 0 saturated heterocycles. The normalized spacial score (nSPS) is 11.0. The molecule has 0 radical (unpaired) electrons. The van der Waals surface area contributed by atoms with E-state index < -0.39 is 5.97 Å². The lowest BCUT2D eigenvalue weighted by molar-refractivity contribution is -0.139. The zero-order chi connectivity index (χ0) is 17.6. The minimum atomic E-state index is -0.495. The van der Waals surface area contributed by atoms with Crippen LogP contribution in [0.1, 0.15) is 17.0 Å². The molecule has 0 aliphatic carbocycles. The summed E-state index contributed by atoms with van der Waals surface area (Å²) in [6.45, 7) is 1.88. The maximum Gasteiger partial charge on any atom is 0.331 e. The lowest BCUT2D eigenvalue weighted by atomic mass is 10.1. The van der Waals surface area contributed by atoms with E-state index in [0.29, 0.717) is 10.8 Å². The van der Waals surface area contributed by atoms with Crippen LogP contribution >= 0.6 is 11.6 Å². The van der Waals surface area contributed by atoms with Gasteiger partial charge >= 0.3 is 5.97 Å². The quantitative estimate of drug-likeness (QED) is 0.500. The molecule has 25 heavy (non-hydrogen) atoms. The van der Waals surface area contributed by atoms with Crippen molar-refractivity contribution in [3.8, 4) is 11.4 Å². The fourth-order valence-corrected chi connectivity index (χ4v) is 2.29. The molecule has 1 aromatic heterocycles. The van der Waals surface area contributed by atoms with Gasteiger partial charge in [0.25, 0.3) is 5.89 Å². The summed E-state index contributed by atoms with van der Waals surface area (Å²) < 4.78 is 10.2. The number of halogens is 1. The number of carbonyl (C=O) groups excluding carboxylic acids is 1. The molecule has 0 saturated carbocycles. The highest BCUT2D eigenvalue weighted by Crippen LogP contribution is 2.20. The SMILES string of the molecule is Cc1ccccc1-c1noc(COC(=O)/C=C/c2ccc(Cl)cc2)n1. The van der Waals surface area contributed by atoms with E-state index >= 15 is 0 Å². The molecule has 5 nitrogen and oxygen atoms in total. The first kappa shape index (κ1) is 16.9. The van der Waals surface area contributed by atoms with Crippen molar-refractivity contribution in [2.45, 2.75) is 13.5 Å². The maximum atomic E-state index is 11.8. The molecule has 0 spiro atoms. The highest BCUT2D eigenvalue weighted by Gasteiger charge is 2.11. The molecule has 0 fully saturated rings. The number of aryl methyl sites for hydroxylation is 1. The van der Waals surface area contributed by atoms with E-state index in [1.807, 2.05) is 31.2 Å². The molecule has 126 valence electrons. The van der Waals surface area contributed by atoms with Crippen molar-refractivity contribution in [1.29, 1.82) is 0 Å². The summed E-state index contributed by atoms with van der Waals surface area (Å²) in [7, 11) is 0. The lowest BCUT2D eigenvalue weighted by Gasteiger charge is -1.98. The molecule has 0 unspecified atom stereocenters. The van der Waals surface area contributed by atoms with E-state index in [1.165, 1.54) is 6.08 Å². The standard InChI is InChI=1S/C19H15ClN2O3/c1-13-4-2-3-5-16(13)19-21-17(25-22-19)12-24-18(23)11-8-14-6-9-15(20)10-7-14/h2-11H,12H2,1H3/b11-8+. The molecule has 6 heteroatoms. The first-order valence-corrected chi connectivity index (χ1v) is 7.98. The van der Waals surface area contributed by atoms with Crippen LogP contribution in [0.15, 0.2) is 59.1 Å². The van der Waals surface area contributed by atoms with Crippen molar-refractivity contribution >= 4 is 23.6 Å². The molecule has 1 heterocycles. The molecule has 0 amide bonds. The summed E-state index contributed by atoms with van der Waals surface area (Å²) in [6.07, 6.45) is 2.98. The van der Waals surface area contributed by atoms with Gasteiger partial charge in [0, 0.05) is 16.7 Å². The largest absolute Gasteiger partial charge is 0.452 e. The van der Waals surface area contributed by atoms with Crippen LogP contribution in [-0.2, 0) is 16.1 Å². The summed E-state index contributed by atoms with van der Waals surface area (Å²) in [5.74, 6) is 0.220. The van der Waals surface area contributed by atoms with Gasteiger partial charge in [-0.15, -0.1) is 0 Å². The van der Waals surface area contributed by atoms with E-state index in [0.717, 1.165) is 16.7 Å². The van der Waals surface area contributed by atoms with Gasteiger partial charge in [0.1, 0.15) is 0 Å². The Morgan fingerprint density at radius 2 is 1.96 bits per heavy atom. The number of benzene rings is 2. The Morgan fingerprint density at radius 3 is 2.72 bits per heavy atom. The zero-order valence-corrected chi connectivity index (χ0v) is 14.2. The number of esters is 1. The minimum absolute atomic E-state index is 0.0807. The highest BCUT2D eigenvalue weighted by atomic mass is 35.5. The molecule has 0 N–H and O–H groups in total. The third-order valence-corrected chi connectivity index (χ3v) is 3.73. The van der Waals surface area contributed by atoms with Crippen LogP contribution in [0.4, 0.5) is 0 Å². The van der Waals surface area contributed by atoms with Crippen molar-refractivity contribution in [1.82, 2.24) is 10.1 Å². The average molecular weight is 355 g/mol. The van der Waals surface area contributed by atoms with Crippen molar-refractivity contribution in [3.63, 3.8) is 0 Å². The van der Waals surface area contributed by atoms with Gasteiger partial charge in [0.15, 0.2) is 6.61 Å². The van der Waals surface area contributed by atoms with Gasteiger partial charge in [-0.3, -0.25) is 0 Å². The topological polar surface area (TPSA) is 65.2 Å². The van der Waals surface area contributed by atoms with E-state index in [9.17, 15) is 4.79 Å². The van der Waals surface area contributed by atoms with Crippen molar-refractivity contribution in [2.24, 2.45) is 0 Å². The molecule has 0 bridgehead atoms. The van der Waals surface area contributed by atoms with Gasteiger partial charge in [0.2, 0.25) is 5.82 Å². The van der Waals surface area contributed by atoms with E-state index in [4.69, 9.17) is 20.9 Å². The second kappa shape index (κ2) is 7.77. The van der Waals surface area contributed by atoms with Crippen LogP contribution in [0, 0.1) is 6.92 Å². The van der Waals surface area contributed by atoms with Crippen molar-refractivity contribution < 1.29 is 14.1 Å². The summed E-state index contributed by atoms with van der Waals surface area (Å²) in [4.78, 5) is 16.0. The molecule has 3 rings (SSSR count). The average Bonchev–Trinajstić information content (AvgIpc) is 3.08. The predicted octanol–water partition coefficient (Wildman–Crippen LogP) is 4.46. The third kappa shape index (κ3) is 4.55. The Labute approximate surface area is 149 Å². The number of nitrogens with zero attached hydrogens (tertiary/aromatic N) is 2. The fraction of sp³-hybridized carbons (Fsp3) is 0.105. The lowest BCUT2D eigenvalue weighted by Crippen LogP contribution is -2.01. The van der Waals surface area contributed by atoms with Gasteiger partial charge in [-0.1, -0.05) is 53.2 Å². The Hall–Kier alpha value is -2.92. The number of ether oxygens (including phenoxy) is 1. The van der Waals surface area contributed by atoms with Crippen LogP contribution in [0.5, 0.6) is 0 Å². The first-order valence-electron chi connectivity index (χ1n) is 7.61. The number of rotatable bonds is 5. The van der Waals surface area contributed by atoms with Gasteiger partial charge in [-0.25, -0.2) is 4.79 Å². The Bertz CT molecular complexity index is 901. The van der Waals surface area contributed by atoms with Crippen LogP contribution in [0.2, 0.25) is 5.02 Å². The van der Waals surface area contributed by atoms with Crippen LogP contribution < -0.4 is 0 Å². The first-order chi connectivity index (χ1) is 12.1. The van der Waals surface area contributed by atoms with Gasteiger partial charge in [0.05, 0.1) is 0 Å². The number of hydrogen-bond acceptors (Lipinski definition) is 5. The molecule has 0 atom stereocenters. The van der Waals surface area contributed by atoms with E-state index in [1.54, 1.807) is 30.3 Å². The Morgan fingerprint density at radius 1 is 1.20 bits per heavy atom. The Balaban J connectivity index is 1.58. The maximum absolute atomic E-state index is 11.8. The molecule has 0 aliphatic heterocycles. The van der Waals surface area contributed by atoms with Crippen molar-refractivity contribution in [3.05, 3.63) is 76.6 Å². The summed E-state index contributed by atoms with van der Waals surface area (Å²) in [5, 5.41) is 4.56. The fourth-order valence-electron chi connectivity index (χ4n) is 2.17. The van der Waals surface area contributed by atoms with E-state index in [-0.39, 0.29) is 12.5 Å². The van der Waals surface area contributed by atoms with Gasteiger partial charge in [-0.05, 0) is 36.3 Å². The zero-order valence-electron chi connectivity index (χ0n) is 13.5. The monoisotopic (exact) mass is 354 g/mol. The molecular weight excluding hydrogens is 340 g/mol. The summed E-state index contributed by atoms with van der Waals surface area (Å²) in [6, 6.07) is 14.8. The second-order valence-electron chi connectivity index (χ2n) is 5.32. The molecule has 3 aromatic rings. The molecule has 2 aromatic carbocycles. The van der Waals surface area contributed by atoms with Crippen molar-refractivity contribution in [2.75, 3.05) is 0 Å². The highest BCUT2D eigenvalue weighted by molar-refractivity contribution is 6.30. The molecular formula is C19H15ClN2O3. The van der Waals surface area contributed by atoms with Crippen LogP contribution in [-0.4, -0.2) is 16.1 Å². The van der Waals surface area contributed by atoms with E-state index in [2.05, 4.69) is 10.1 Å². The number of carbonyl (C=O) groups is 1. The van der Waals surface area contributed by atoms with Gasteiger partial charge in [-0.2, -0.15) is 4.98 Å². The number of hydrogen-bond donors (Lipinski definition) is 0. The Kier molecular flexibility index (Phi) is 5.26. The minimum Gasteiger partial charge on any atom is -0.452 e. The van der Waals surface area contributed by atoms with Crippen LogP contribution in [0.25, 0.3) is 17.5 Å². The summed E-state index contributed by atoms with van der Waals surface area (Å²) >= 11 is 5.81. The van der Waals surface area contributed by atoms with Crippen LogP contribution in [0.3, 0.4) is 0 Å². The third-order valence-electron chi connectivity index (χ3n) is 3.47. The summed E-state index contributed by atoms with van der Waals surface area (Å²) in [5.41, 5.74) is 2.77. The van der Waals surface area contributed by atoms with Gasteiger partial charge < -0.3 is 9.26 Å².